The monoisotopic (exact) mass is 380 g/mol. The van der Waals surface area contributed by atoms with Gasteiger partial charge in [-0.05, 0) is 57.2 Å². The average molecular weight is 382 g/mol. The van der Waals surface area contributed by atoms with Crippen LogP contribution in [0.4, 0.5) is 0 Å². The summed E-state index contributed by atoms with van der Waals surface area (Å²) in [4.78, 5) is 0. The van der Waals surface area contributed by atoms with Gasteiger partial charge < -0.3 is 0 Å². The SMILES string of the molecule is CC(C)(C)S(=O)(=O)CCC(CCl)Cc1ccc(Br)cc1. The van der Waals surface area contributed by atoms with Crippen LogP contribution in [0.3, 0.4) is 0 Å². The minimum atomic E-state index is -3.07. The van der Waals surface area contributed by atoms with Crippen LogP contribution in [-0.4, -0.2) is 24.8 Å². The molecule has 1 aromatic carbocycles. The highest BCUT2D eigenvalue weighted by atomic mass is 79.9. The van der Waals surface area contributed by atoms with Crippen LogP contribution in [0.15, 0.2) is 28.7 Å². The number of alkyl halides is 1. The van der Waals surface area contributed by atoms with Crippen molar-refractivity contribution >= 4 is 37.4 Å². The summed E-state index contributed by atoms with van der Waals surface area (Å²) in [5.74, 6) is 0.870. The summed E-state index contributed by atoms with van der Waals surface area (Å²) >= 11 is 9.39. The standard InChI is InChI=1S/C15H22BrClO2S/c1-15(2,3)20(18,19)9-8-13(11-17)10-12-4-6-14(16)7-5-12/h4-7,13H,8-11H2,1-3H3. The topological polar surface area (TPSA) is 34.1 Å². The van der Waals surface area contributed by atoms with Gasteiger partial charge in [-0.3, -0.25) is 0 Å². The molecule has 0 saturated heterocycles. The number of halogens is 2. The maximum absolute atomic E-state index is 12.1. The molecule has 1 aromatic rings. The molecule has 0 aliphatic heterocycles. The molecule has 20 heavy (non-hydrogen) atoms. The molecule has 1 atom stereocenters. The van der Waals surface area contributed by atoms with E-state index in [0.29, 0.717) is 12.3 Å². The second-order valence-electron chi connectivity index (χ2n) is 6.07. The summed E-state index contributed by atoms with van der Waals surface area (Å²) in [6.45, 7) is 5.23. The zero-order chi connectivity index (χ0) is 15.4. The first kappa shape index (κ1) is 18.0. The summed E-state index contributed by atoms with van der Waals surface area (Å²) in [5.41, 5.74) is 1.19. The molecule has 0 bridgehead atoms. The van der Waals surface area contributed by atoms with Crippen LogP contribution in [0.2, 0.25) is 0 Å². The Labute approximate surface area is 136 Å². The number of benzene rings is 1. The maximum atomic E-state index is 12.1. The fraction of sp³-hybridized carbons (Fsp3) is 0.600. The predicted octanol–water partition coefficient (Wildman–Crippen LogP) is 4.45. The lowest BCUT2D eigenvalue weighted by atomic mass is 9.99. The third-order valence-corrected chi connectivity index (χ3v) is 6.99. The Morgan fingerprint density at radius 3 is 2.20 bits per heavy atom. The van der Waals surface area contributed by atoms with Crippen molar-refractivity contribution in [3.63, 3.8) is 0 Å². The predicted molar refractivity (Wildman–Crippen MR) is 90.2 cm³/mol. The summed E-state index contributed by atoms with van der Waals surface area (Å²) in [6, 6.07) is 8.07. The van der Waals surface area contributed by atoms with Gasteiger partial charge in [-0.15, -0.1) is 11.6 Å². The molecular formula is C15H22BrClO2S. The molecule has 0 amide bonds. The van der Waals surface area contributed by atoms with Gasteiger partial charge in [-0.1, -0.05) is 28.1 Å². The van der Waals surface area contributed by atoms with Crippen molar-refractivity contribution in [3.05, 3.63) is 34.3 Å². The fourth-order valence-corrected chi connectivity index (χ4v) is 3.60. The molecule has 0 radical (unpaired) electrons. The van der Waals surface area contributed by atoms with E-state index in [4.69, 9.17) is 11.6 Å². The quantitative estimate of drug-likeness (QED) is 0.682. The van der Waals surface area contributed by atoms with Crippen molar-refractivity contribution in [2.45, 2.75) is 38.4 Å². The first-order valence-electron chi connectivity index (χ1n) is 6.68. The van der Waals surface area contributed by atoms with E-state index in [1.54, 1.807) is 20.8 Å². The molecular weight excluding hydrogens is 360 g/mol. The Bertz CT molecular complexity index is 518. The van der Waals surface area contributed by atoms with Crippen molar-refractivity contribution in [2.24, 2.45) is 5.92 Å². The molecule has 0 N–H and O–H groups in total. The van der Waals surface area contributed by atoms with Gasteiger partial charge in [-0.2, -0.15) is 0 Å². The molecule has 114 valence electrons. The summed E-state index contributed by atoms with van der Waals surface area (Å²) in [6.07, 6.45) is 1.43. The molecule has 0 aliphatic carbocycles. The third kappa shape index (κ3) is 5.38. The summed E-state index contributed by atoms with van der Waals surface area (Å²) in [5, 5.41) is 0. The van der Waals surface area contributed by atoms with Crippen LogP contribution < -0.4 is 0 Å². The molecule has 0 saturated carbocycles. The number of rotatable bonds is 6. The Kier molecular flexibility index (Phi) is 6.55. The van der Waals surface area contributed by atoms with Crippen LogP contribution in [0.5, 0.6) is 0 Å². The Morgan fingerprint density at radius 2 is 1.75 bits per heavy atom. The van der Waals surface area contributed by atoms with Gasteiger partial charge in [0.1, 0.15) is 0 Å². The van der Waals surface area contributed by atoms with Crippen LogP contribution in [0, 0.1) is 5.92 Å². The van der Waals surface area contributed by atoms with Crippen LogP contribution in [0.25, 0.3) is 0 Å². The first-order valence-corrected chi connectivity index (χ1v) is 9.66. The maximum Gasteiger partial charge on any atom is 0.155 e. The largest absolute Gasteiger partial charge is 0.228 e. The Hall–Kier alpha value is -0.0600. The first-order chi connectivity index (χ1) is 9.15. The van der Waals surface area contributed by atoms with Crippen molar-refractivity contribution < 1.29 is 8.42 Å². The number of hydrogen-bond acceptors (Lipinski definition) is 2. The zero-order valence-corrected chi connectivity index (χ0v) is 15.4. The smallest absolute Gasteiger partial charge is 0.155 e. The lowest BCUT2D eigenvalue weighted by Gasteiger charge is -2.21. The summed E-state index contributed by atoms with van der Waals surface area (Å²) in [7, 11) is -3.07. The zero-order valence-electron chi connectivity index (χ0n) is 12.2. The minimum absolute atomic E-state index is 0.190. The molecule has 5 heteroatoms. The lowest BCUT2D eigenvalue weighted by Crippen LogP contribution is -2.31. The van der Waals surface area contributed by atoms with Gasteiger partial charge in [0.2, 0.25) is 0 Å². The van der Waals surface area contributed by atoms with E-state index in [0.717, 1.165) is 10.9 Å². The van der Waals surface area contributed by atoms with Crippen LogP contribution >= 0.6 is 27.5 Å². The van der Waals surface area contributed by atoms with Gasteiger partial charge in [0, 0.05) is 10.4 Å². The summed E-state index contributed by atoms with van der Waals surface area (Å²) < 4.78 is 24.6. The van der Waals surface area contributed by atoms with E-state index in [-0.39, 0.29) is 11.7 Å². The van der Waals surface area contributed by atoms with Gasteiger partial charge >= 0.3 is 0 Å². The Morgan fingerprint density at radius 1 is 1.20 bits per heavy atom. The third-order valence-electron chi connectivity index (χ3n) is 3.38. The van der Waals surface area contributed by atoms with Crippen molar-refractivity contribution in [2.75, 3.05) is 11.6 Å². The lowest BCUT2D eigenvalue weighted by molar-refractivity contribution is 0.529. The van der Waals surface area contributed by atoms with E-state index in [1.165, 1.54) is 5.56 Å². The van der Waals surface area contributed by atoms with Crippen molar-refractivity contribution in [1.29, 1.82) is 0 Å². The molecule has 0 fully saturated rings. The van der Waals surface area contributed by atoms with Crippen LogP contribution in [-0.2, 0) is 16.3 Å². The van der Waals surface area contributed by atoms with Gasteiger partial charge in [0.15, 0.2) is 9.84 Å². The Balaban J connectivity index is 2.63. The van der Waals surface area contributed by atoms with Gasteiger partial charge in [0.25, 0.3) is 0 Å². The minimum Gasteiger partial charge on any atom is -0.228 e. The van der Waals surface area contributed by atoms with Gasteiger partial charge in [0.05, 0.1) is 10.5 Å². The highest BCUT2D eigenvalue weighted by molar-refractivity contribution is 9.10. The van der Waals surface area contributed by atoms with E-state index >= 15 is 0 Å². The normalized spacial score (nSPS) is 14.2. The van der Waals surface area contributed by atoms with Crippen molar-refractivity contribution in [3.8, 4) is 0 Å². The molecule has 1 unspecified atom stereocenters. The number of sulfone groups is 1. The van der Waals surface area contributed by atoms with Crippen molar-refractivity contribution in [1.82, 2.24) is 0 Å². The molecule has 0 heterocycles. The number of hydrogen-bond donors (Lipinski definition) is 0. The van der Waals surface area contributed by atoms with Crippen LogP contribution in [0.1, 0.15) is 32.8 Å². The molecule has 0 aliphatic rings. The fourth-order valence-electron chi connectivity index (χ4n) is 1.82. The molecule has 1 rings (SSSR count). The second-order valence-corrected chi connectivity index (χ2v) is 10.2. The molecule has 0 aromatic heterocycles. The second kappa shape index (κ2) is 7.28. The highest BCUT2D eigenvalue weighted by Crippen LogP contribution is 2.22. The van der Waals surface area contributed by atoms with E-state index in [1.807, 2.05) is 24.3 Å². The molecule has 0 spiro atoms. The van der Waals surface area contributed by atoms with E-state index in [9.17, 15) is 8.42 Å². The van der Waals surface area contributed by atoms with E-state index in [2.05, 4.69) is 15.9 Å². The van der Waals surface area contributed by atoms with Gasteiger partial charge in [-0.25, -0.2) is 8.42 Å². The average Bonchev–Trinajstić information content (AvgIpc) is 2.35. The highest BCUT2D eigenvalue weighted by Gasteiger charge is 2.29. The van der Waals surface area contributed by atoms with E-state index < -0.39 is 14.6 Å². The molecule has 2 nitrogen and oxygen atoms in total.